The van der Waals surface area contributed by atoms with E-state index in [-0.39, 0.29) is 0 Å². The third kappa shape index (κ3) is 2.58. The second-order valence-corrected chi connectivity index (χ2v) is 8.95. The number of benzene rings is 1. The van der Waals surface area contributed by atoms with E-state index >= 15 is 0 Å². The quantitative estimate of drug-likeness (QED) is 0.650. The van der Waals surface area contributed by atoms with Gasteiger partial charge in [-0.05, 0) is 17.7 Å². The van der Waals surface area contributed by atoms with Crippen LogP contribution in [0.3, 0.4) is 0 Å². The molecule has 4 heteroatoms. The molecule has 1 nitrogen and oxygen atoms in total. The zero-order chi connectivity index (χ0) is 9.19. The van der Waals surface area contributed by atoms with Crippen molar-refractivity contribution < 1.29 is 0 Å². The normalized spacial score (nSPS) is 10.8. The number of halogens is 3. The Morgan fingerprint density at radius 2 is 1.92 bits per heavy atom. The van der Waals surface area contributed by atoms with Gasteiger partial charge < -0.3 is 0 Å². The van der Waals surface area contributed by atoms with Gasteiger partial charge >= 0.3 is 0 Å². The Morgan fingerprint density at radius 3 is 2.42 bits per heavy atom. The van der Waals surface area contributed by atoms with Gasteiger partial charge in [-0.2, -0.15) is 5.26 Å². The molecule has 0 amide bonds. The van der Waals surface area contributed by atoms with Crippen LogP contribution in [0.1, 0.15) is 11.1 Å². The maximum atomic E-state index is 8.63. The van der Waals surface area contributed by atoms with Crippen molar-refractivity contribution in [1.29, 1.82) is 5.26 Å². The molecule has 0 bridgehead atoms. The van der Waals surface area contributed by atoms with Crippen molar-refractivity contribution in [2.24, 2.45) is 0 Å². The molecular formula is C8H4Br3N. The number of rotatable bonds is 0. The van der Waals surface area contributed by atoms with E-state index in [1.165, 1.54) is 0 Å². The molecular weight excluding hydrogens is 350 g/mol. The van der Waals surface area contributed by atoms with Gasteiger partial charge in [0, 0.05) is 0 Å². The summed E-state index contributed by atoms with van der Waals surface area (Å²) in [5.41, 5.74) is 1.61. The maximum Gasteiger partial charge on any atom is 0.159 e. The van der Waals surface area contributed by atoms with Crippen LogP contribution in [0.2, 0.25) is 0 Å². The highest BCUT2D eigenvalue weighted by Gasteiger charge is 2.20. The van der Waals surface area contributed by atoms with Gasteiger partial charge in [0.05, 0.1) is 11.6 Å². The summed E-state index contributed by atoms with van der Waals surface area (Å²) in [5.74, 6) is 0. The van der Waals surface area contributed by atoms with Gasteiger partial charge in [-0.3, -0.25) is 0 Å². The molecule has 0 saturated carbocycles. The minimum atomic E-state index is -0.431. The number of nitriles is 1. The van der Waals surface area contributed by atoms with Crippen molar-refractivity contribution in [3.05, 3.63) is 35.4 Å². The summed E-state index contributed by atoms with van der Waals surface area (Å²) in [7, 11) is 0. The van der Waals surface area contributed by atoms with E-state index in [0.717, 1.165) is 5.56 Å². The summed E-state index contributed by atoms with van der Waals surface area (Å²) in [6.45, 7) is 0. The summed E-state index contributed by atoms with van der Waals surface area (Å²) in [5, 5.41) is 8.63. The summed E-state index contributed by atoms with van der Waals surface area (Å²) < 4.78 is -0.431. The number of hydrogen-bond donors (Lipinski definition) is 0. The molecule has 12 heavy (non-hydrogen) atoms. The molecule has 0 spiro atoms. The average Bonchev–Trinajstić information content (AvgIpc) is 2.03. The van der Waals surface area contributed by atoms with Crippen molar-refractivity contribution in [2.75, 3.05) is 0 Å². The third-order valence-electron chi connectivity index (χ3n) is 1.32. The van der Waals surface area contributed by atoms with Crippen molar-refractivity contribution in [3.8, 4) is 6.07 Å². The van der Waals surface area contributed by atoms with Crippen LogP contribution in [-0.4, -0.2) is 0 Å². The zero-order valence-electron chi connectivity index (χ0n) is 5.89. The van der Waals surface area contributed by atoms with Gasteiger partial charge in [-0.25, -0.2) is 0 Å². The Labute approximate surface area is 96.2 Å². The molecule has 62 valence electrons. The molecule has 0 atom stereocenters. The zero-order valence-corrected chi connectivity index (χ0v) is 10.6. The lowest BCUT2D eigenvalue weighted by Crippen LogP contribution is -1.97. The highest BCUT2D eigenvalue weighted by Crippen LogP contribution is 2.44. The average molecular weight is 354 g/mol. The van der Waals surface area contributed by atoms with E-state index in [4.69, 9.17) is 5.26 Å². The second-order valence-electron chi connectivity index (χ2n) is 2.19. The molecule has 1 rings (SSSR count). The maximum absolute atomic E-state index is 8.63. The van der Waals surface area contributed by atoms with Gasteiger partial charge in [0.1, 0.15) is 0 Å². The van der Waals surface area contributed by atoms with Crippen LogP contribution in [0.15, 0.2) is 24.3 Å². The highest BCUT2D eigenvalue weighted by atomic mass is 80.0. The molecule has 0 heterocycles. The van der Waals surface area contributed by atoms with Crippen molar-refractivity contribution in [1.82, 2.24) is 0 Å². The molecule has 1 aromatic carbocycles. The lowest BCUT2D eigenvalue weighted by atomic mass is 10.2. The van der Waals surface area contributed by atoms with Gasteiger partial charge in [0.25, 0.3) is 0 Å². The van der Waals surface area contributed by atoms with E-state index in [1.807, 2.05) is 12.1 Å². The predicted octanol–water partition coefficient (Wildman–Crippen LogP) is 3.85. The smallest absolute Gasteiger partial charge is 0.159 e. The van der Waals surface area contributed by atoms with Crippen molar-refractivity contribution >= 4 is 47.8 Å². The predicted molar refractivity (Wildman–Crippen MR) is 59.6 cm³/mol. The highest BCUT2D eigenvalue weighted by molar-refractivity contribution is 9.38. The third-order valence-corrected chi connectivity index (χ3v) is 2.69. The van der Waals surface area contributed by atoms with E-state index in [9.17, 15) is 0 Å². The first kappa shape index (κ1) is 10.2. The minimum absolute atomic E-state index is 0.431. The molecule has 0 saturated heterocycles. The molecule has 0 fully saturated rings. The molecule has 0 radical (unpaired) electrons. The summed E-state index contributed by atoms with van der Waals surface area (Å²) in [6.07, 6.45) is 0. The summed E-state index contributed by atoms with van der Waals surface area (Å²) in [6, 6.07) is 9.40. The molecule has 0 aromatic heterocycles. The Morgan fingerprint density at radius 1 is 1.25 bits per heavy atom. The van der Waals surface area contributed by atoms with Crippen LogP contribution >= 0.6 is 47.8 Å². The van der Waals surface area contributed by atoms with Gasteiger partial charge in [-0.15, -0.1) is 0 Å². The summed E-state index contributed by atoms with van der Waals surface area (Å²) in [4.78, 5) is 0. The SMILES string of the molecule is N#Cc1cccc(C(Br)(Br)Br)c1. The lowest BCUT2D eigenvalue weighted by Gasteiger charge is -2.11. The Balaban J connectivity index is 3.13. The number of alkyl halides is 3. The molecule has 0 aliphatic rings. The van der Waals surface area contributed by atoms with Crippen LogP contribution in [-0.2, 0) is 2.14 Å². The van der Waals surface area contributed by atoms with Gasteiger partial charge in [0.15, 0.2) is 2.14 Å². The largest absolute Gasteiger partial charge is 0.192 e. The second kappa shape index (κ2) is 3.91. The van der Waals surface area contributed by atoms with Crippen LogP contribution in [0.4, 0.5) is 0 Å². The fraction of sp³-hybridized carbons (Fsp3) is 0.125. The van der Waals surface area contributed by atoms with E-state index in [1.54, 1.807) is 12.1 Å². The van der Waals surface area contributed by atoms with Crippen molar-refractivity contribution in [3.63, 3.8) is 0 Å². The Kier molecular flexibility index (Phi) is 3.33. The Hall–Kier alpha value is 0.150. The molecule has 0 aliphatic heterocycles. The van der Waals surface area contributed by atoms with E-state index in [2.05, 4.69) is 53.9 Å². The first-order chi connectivity index (χ1) is 5.54. The van der Waals surface area contributed by atoms with Crippen molar-refractivity contribution in [2.45, 2.75) is 2.14 Å². The van der Waals surface area contributed by atoms with E-state index < -0.39 is 2.14 Å². The van der Waals surface area contributed by atoms with Gasteiger partial charge in [0.2, 0.25) is 0 Å². The number of nitrogens with zero attached hydrogens (tertiary/aromatic N) is 1. The monoisotopic (exact) mass is 351 g/mol. The molecule has 1 aromatic rings. The fourth-order valence-corrected chi connectivity index (χ4v) is 1.50. The van der Waals surface area contributed by atoms with Gasteiger partial charge in [-0.1, -0.05) is 59.9 Å². The lowest BCUT2D eigenvalue weighted by molar-refractivity contribution is 1.35. The standard InChI is InChI=1S/C8H4Br3N/c9-8(10,11)7-3-1-2-6(4-7)5-12/h1-4H. The van der Waals surface area contributed by atoms with E-state index in [0.29, 0.717) is 5.56 Å². The molecule has 0 unspecified atom stereocenters. The van der Waals surface area contributed by atoms with Crippen LogP contribution in [0.25, 0.3) is 0 Å². The molecule has 0 N–H and O–H groups in total. The number of hydrogen-bond acceptors (Lipinski definition) is 1. The Bertz CT molecular complexity index is 322. The minimum Gasteiger partial charge on any atom is -0.192 e. The van der Waals surface area contributed by atoms with Crippen LogP contribution < -0.4 is 0 Å². The topological polar surface area (TPSA) is 23.8 Å². The first-order valence-corrected chi connectivity index (χ1v) is 5.49. The fourth-order valence-electron chi connectivity index (χ4n) is 0.765. The summed E-state index contributed by atoms with van der Waals surface area (Å²) >= 11 is 10.1. The molecule has 0 aliphatic carbocycles. The first-order valence-electron chi connectivity index (χ1n) is 3.11. The van der Waals surface area contributed by atoms with Crippen LogP contribution in [0, 0.1) is 11.3 Å². The van der Waals surface area contributed by atoms with Crippen LogP contribution in [0.5, 0.6) is 0 Å².